The highest BCUT2D eigenvalue weighted by molar-refractivity contribution is 7.81. The maximum Gasteiger partial charge on any atom is 0.416 e. The first-order chi connectivity index (χ1) is 14.7. The fraction of sp³-hybridized carbons (Fsp3) is 0.474. The lowest BCUT2D eigenvalue weighted by atomic mass is 9.97. The van der Waals surface area contributed by atoms with Crippen molar-refractivity contribution in [3.05, 3.63) is 42.4 Å². The maximum atomic E-state index is 13.0. The number of alkyl halides is 3. The van der Waals surface area contributed by atoms with Crippen LogP contribution in [0.4, 0.5) is 24.7 Å². The average molecular weight is 460 g/mol. The predicted octanol–water partition coefficient (Wildman–Crippen LogP) is 2.93. The van der Waals surface area contributed by atoms with Crippen LogP contribution in [-0.2, 0) is 33.5 Å². The van der Waals surface area contributed by atoms with E-state index in [4.69, 9.17) is 4.74 Å². The number of hydrogen-bond donors (Lipinski definition) is 1. The van der Waals surface area contributed by atoms with Crippen molar-refractivity contribution in [2.75, 3.05) is 36.0 Å². The molecule has 1 aromatic carbocycles. The number of piperidine rings is 1. The van der Waals surface area contributed by atoms with Crippen LogP contribution in [0.5, 0.6) is 0 Å². The number of aromatic nitrogens is 2. The Balaban J connectivity index is 1.74. The van der Waals surface area contributed by atoms with Crippen molar-refractivity contribution in [2.24, 2.45) is 5.92 Å². The summed E-state index contributed by atoms with van der Waals surface area (Å²) in [5, 5.41) is 0. The van der Waals surface area contributed by atoms with Crippen LogP contribution in [0.1, 0.15) is 18.4 Å². The van der Waals surface area contributed by atoms with Gasteiger partial charge in [0.2, 0.25) is 5.91 Å². The second-order valence-electron chi connectivity index (χ2n) is 7.16. The Bertz CT molecular complexity index is 920. The number of ether oxygens (including phenoxy) is 1. The maximum absolute atomic E-state index is 13.0. The van der Waals surface area contributed by atoms with E-state index in [1.807, 2.05) is 15.7 Å². The van der Waals surface area contributed by atoms with Crippen molar-refractivity contribution in [3.8, 4) is 0 Å². The highest BCUT2D eigenvalue weighted by Crippen LogP contribution is 2.32. The summed E-state index contributed by atoms with van der Waals surface area (Å²) in [7, 11) is 1.60. The van der Waals surface area contributed by atoms with Gasteiger partial charge in [-0.25, -0.2) is 13.5 Å². The third-order valence-electron chi connectivity index (χ3n) is 5.05. The Morgan fingerprint density at radius 1 is 1.35 bits per heavy atom. The fourth-order valence-corrected chi connectivity index (χ4v) is 4.07. The van der Waals surface area contributed by atoms with Gasteiger partial charge in [0.05, 0.1) is 30.1 Å². The van der Waals surface area contributed by atoms with Crippen LogP contribution in [0.15, 0.2) is 36.8 Å². The van der Waals surface area contributed by atoms with Gasteiger partial charge in [0.15, 0.2) is 0 Å². The van der Waals surface area contributed by atoms with E-state index in [1.165, 1.54) is 0 Å². The third-order valence-corrected chi connectivity index (χ3v) is 5.76. The minimum absolute atomic E-state index is 0.0696. The molecule has 1 aliphatic heterocycles. The molecule has 1 unspecified atom stereocenters. The number of nitrogens with zero attached hydrogens (tertiary/aromatic N) is 4. The number of rotatable bonds is 7. The standard InChI is InChI=1S/C19H23F3N4O4S/c1-30-10-9-24-12-17(23-13-24)25-8-2-3-14(11-25)18(27)26(31(28)29)16-6-4-15(5-7-16)19(20,21)22/h4-7,12-14H,2-3,8-11H2,1H3,(H,28,29)/t14-/m1/s1. The van der Waals surface area contributed by atoms with Crippen molar-refractivity contribution in [2.45, 2.75) is 25.6 Å². The van der Waals surface area contributed by atoms with Crippen LogP contribution in [-0.4, -0.2) is 51.0 Å². The van der Waals surface area contributed by atoms with Crippen LogP contribution < -0.4 is 9.21 Å². The Morgan fingerprint density at radius 3 is 2.68 bits per heavy atom. The van der Waals surface area contributed by atoms with Gasteiger partial charge in [-0.1, -0.05) is 0 Å². The molecule has 1 saturated heterocycles. The second kappa shape index (κ2) is 9.79. The van der Waals surface area contributed by atoms with E-state index >= 15 is 0 Å². The Labute approximate surface area is 180 Å². The van der Waals surface area contributed by atoms with Gasteiger partial charge in [-0.3, -0.25) is 9.35 Å². The Hall–Kier alpha value is -2.44. The normalized spacial score (nSPS) is 18.1. The summed E-state index contributed by atoms with van der Waals surface area (Å²) < 4.78 is 67.5. The molecule has 2 aromatic rings. The Morgan fingerprint density at radius 2 is 2.06 bits per heavy atom. The van der Waals surface area contributed by atoms with Gasteiger partial charge in [0.25, 0.3) is 11.3 Å². The molecule has 1 fully saturated rings. The first-order valence-electron chi connectivity index (χ1n) is 9.58. The van der Waals surface area contributed by atoms with E-state index in [-0.39, 0.29) is 12.2 Å². The third kappa shape index (κ3) is 5.63. The van der Waals surface area contributed by atoms with Crippen LogP contribution in [0.3, 0.4) is 0 Å². The summed E-state index contributed by atoms with van der Waals surface area (Å²) in [5.74, 6) is -0.542. The van der Waals surface area contributed by atoms with Crippen LogP contribution in [0.25, 0.3) is 0 Å². The summed E-state index contributed by atoms with van der Waals surface area (Å²) in [4.78, 5) is 19.3. The summed E-state index contributed by atoms with van der Waals surface area (Å²) in [5.41, 5.74) is -0.972. The molecule has 8 nitrogen and oxygen atoms in total. The SMILES string of the molecule is COCCn1cnc(N2CCC[C@@H](C(=O)N(c3ccc(C(F)(F)F)cc3)S(=O)O)C2)c1. The number of methoxy groups -OCH3 is 1. The van der Waals surface area contributed by atoms with Crippen LogP contribution in [0.2, 0.25) is 0 Å². The van der Waals surface area contributed by atoms with E-state index in [0.717, 1.165) is 24.3 Å². The van der Waals surface area contributed by atoms with E-state index in [1.54, 1.807) is 13.4 Å². The molecular formula is C19H23F3N4O4S. The summed E-state index contributed by atoms with van der Waals surface area (Å²) in [6.07, 6.45) is 0.122. The quantitative estimate of drug-likeness (QED) is 0.640. The highest BCUT2D eigenvalue weighted by Gasteiger charge is 2.34. The molecule has 0 radical (unpaired) electrons. The molecule has 1 N–H and O–H groups in total. The lowest BCUT2D eigenvalue weighted by Gasteiger charge is -2.34. The summed E-state index contributed by atoms with van der Waals surface area (Å²) in [6.45, 7) is 2.12. The number of amides is 1. The monoisotopic (exact) mass is 460 g/mol. The number of benzene rings is 1. The Kier molecular flexibility index (Phi) is 7.34. The second-order valence-corrected chi connectivity index (χ2v) is 7.98. The van der Waals surface area contributed by atoms with E-state index in [2.05, 4.69) is 4.98 Å². The van der Waals surface area contributed by atoms with E-state index in [0.29, 0.717) is 42.7 Å². The molecule has 0 spiro atoms. The summed E-state index contributed by atoms with van der Waals surface area (Å²) in [6, 6.07) is 3.60. The van der Waals surface area contributed by atoms with Crippen molar-refractivity contribution in [1.82, 2.24) is 9.55 Å². The van der Waals surface area contributed by atoms with Crippen molar-refractivity contribution >= 4 is 28.7 Å². The zero-order chi connectivity index (χ0) is 22.6. The minimum Gasteiger partial charge on any atom is -0.383 e. The molecule has 2 heterocycles. The number of halogens is 3. The van der Waals surface area contributed by atoms with Gasteiger partial charge in [0.1, 0.15) is 5.82 Å². The molecule has 0 bridgehead atoms. The van der Waals surface area contributed by atoms with Crippen LogP contribution in [0, 0.1) is 5.92 Å². The molecule has 1 aliphatic rings. The number of carbonyl (C=O) groups is 1. The largest absolute Gasteiger partial charge is 0.416 e. The number of hydrogen-bond acceptors (Lipinski definition) is 5. The smallest absolute Gasteiger partial charge is 0.383 e. The van der Waals surface area contributed by atoms with Gasteiger partial charge in [0, 0.05) is 32.9 Å². The average Bonchev–Trinajstić information content (AvgIpc) is 3.21. The fourth-order valence-electron chi connectivity index (χ4n) is 3.46. The molecular weight excluding hydrogens is 437 g/mol. The zero-order valence-corrected chi connectivity index (χ0v) is 17.6. The van der Waals surface area contributed by atoms with Gasteiger partial charge >= 0.3 is 6.18 Å². The van der Waals surface area contributed by atoms with Gasteiger partial charge in [-0.2, -0.15) is 13.2 Å². The lowest BCUT2D eigenvalue weighted by Crippen LogP contribution is -2.45. The number of imidazole rings is 1. The van der Waals surface area contributed by atoms with Gasteiger partial charge in [-0.05, 0) is 37.1 Å². The van der Waals surface area contributed by atoms with Gasteiger partial charge in [-0.15, -0.1) is 0 Å². The molecule has 3 rings (SSSR count). The molecule has 170 valence electrons. The number of anilines is 2. The van der Waals surface area contributed by atoms with Crippen molar-refractivity contribution < 1.29 is 31.5 Å². The first-order valence-corrected chi connectivity index (χ1v) is 10.6. The molecule has 2 atom stereocenters. The van der Waals surface area contributed by atoms with E-state index in [9.17, 15) is 26.7 Å². The summed E-state index contributed by atoms with van der Waals surface area (Å²) >= 11 is -2.72. The molecule has 0 saturated carbocycles. The minimum atomic E-state index is -4.54. The molecule has 31 heavy (non-hydrogen) atoms. The van der Waals surface area contributed by atoms with Crippen molar-refractivity contribution in [3.63, 3.8) is 0 Å². The molecule has 1 aromatic heterocycles. The molecule has 0 aliphatic carbocycles. The number of carbonyl (C=O) groups excluding carboxylic acids is 1. The van der Waals surface area contributed by atoms with Crippen molar-refractivity contribution in [1.29, 1.82) is 0 Å². The predicted molar refractivity (Wildman–Crippen MR) is 109 cm³/mol. The molecule has 1 amide bonds. The highest BCUT2D eigenvalue weighted by atomic mass is 32.2. The van der Waals surface area contributed by atoms with E-state index < -0.39 is 34.8 Å². The first kappa shape index (κ1) is 23.2. The van der Waals surface area contributed by atoms with Crippen LogP contribution >= 0.6 is 0 Å². The zero-order valence-electron chi connectivity index (χ0n) is 16.8. The lowest BCUT2D eigenvalue weighted by molar-refractivity contribution is -0.137. The molecule has 12 heteroatoms. The topological polar surface area (TPSA) is 87.9 Å². The van der Waals surface area contributed by atoms with Gasteiger partial charge < -0.3 is 14.2 Å².